The van der Waals surface area contributed by atoms with E-state index in [4.69, 9.17) is 9.84 Å². The lowest BCUT2D eigenvalue weighted by Gasteiger charge is -2.12. The molecule has 0 radical (unpaired) electrons. The highest BCUT2D eigenvalue weighted by molar-refractivity contribution is 5.69. The van der Waals surface area contributed by atoms with E-state index < -0.39 is 5.97 Å². The van der Waals surface area contributed by atoms with Gasteiger partial charge < -0.3 is 14.4 Å². The summed E-state index contributed by atoms with van der Waals surface area (Å²) in [7, 11) is 0. The highest BCUT2D eigenvalue weighted by Gasteiger charge is 2.17. The molecule has 1 aliphatic rings. The number of aliphatic carboxylic acids is 1. The smallest absolute Gasteiger partial charge is 0.309 e. The van der Waals surface area contributed by atoms with E-state index in [0.717, 1.165) is 25.1 Å². The molecule has 1 N–H and O–H groups in total. The zero-order valence-electron chi connectivity index (χ0n) is 8.43. The van der Waals surface area contributed by atoms with Crippen molar-refractivity contribution in [3.63, 3.8) is 0 Å². The minimum absolute atomic E-state index is 0.0206. The number of rotatable bonds is 4. The molecule has 1 aliphatic heterocycles. The average molecular weight is 210 g/mol. The summed E-state index contributed by atoms with van der Waals surface area (Å²) in [6.07, 6.45) is 5.64. The van der Waals surface area contributed by atoms with Gasteiger partial charge in [0.1, 0.15) is 0 Å². The van der Waals surface area contributed by atoms with Gasteiger partial charge in [-0.25, -0.2) is 4.98 Å². The highest BCUT2D eigenvalue weighted by atomic mass is 16.5. The van der Waals surface area contributed by atoms with E-state index in [-0.39, 0.29) is 12.5 Å². The van der Waals surface area contributed by atoms with Gasteiger partial charge in [-0.05, 0) is 12.8 Å². The second kappa shape index (κ2) is 4.44. The largest absolute Gasteiger partial charge is 0.481 e. The average Bonchev–Trinajstić information content (AvgIpc) is 2.78. The van der Waals surface area contributed by atoms with Crippen molar-refractivity contribution in [2.75, 3.05) is 6.61 Å². The molecule has 5 heteroatoms. The Morgan fingerprint density at radius 3 is 3.27 bits per heavy atom. The van der Waals surface area contributed by atoms with Crippen LogP contribution in [0.5, 0.6) is 0 Å². The summed E-state index contributed by atoms with van der Waals surface area (Å²) in [4.78, 5) is 14.5. The van der Waals surface area contributed by atoms with Gasteiger partial charge in [0.25, 0.3) is 0 Å². The van der Waals surface area contributed by atoms with E-state index in [1.54, 1.807) is 12.5 Å². The first-order valence-electron chi connectivity index (χ1n) is 5.08. The van der Waals surface area contributed by atoms with Crippen LogP contribution in [0.15, 0.2) is 12.5 Å². The lowest BCUT2D eigenvalue weighted by atomic mass is 10.2. The summed E-state index contributed by atoms with van der Waals surface area (Å²) in [5.74, 6) is -0.830. The van der Waals surface area contributed by atoms with Crippen molar-refractivity contribution in [2.45, 2.75) is 31.9 Å². The number of carbonyl (C=O) groups is 1. The van der Waals surface area contributed by atoms with Crippen molar-refractivity contribution >= 4 is 5.97 Å². The standard InChI is InChI=1S/C10H14N2O3/c13-10(14)4-8-5-11-7-12(8)6-9-2-1-3-15-9/h5,7,9H,1-4,6H2,(H,13,14). The Labute approximate surface area is 87.7 Å². The molecule has 1 unspecified atom stereocenters. The summed E-state index contributed by atoms with van der Waals surface area (Å²) in [5.41, 5.74) is 0.734. The second-order valence-corrected chi connectivity index (χ2v) is 3.74. The fourth-order valence-corrected chi connectivity index (χ4v) is 1.82. The lowest BCUT2D eigenvalue weighted by molar-refractivity contribution is -0.136. The first kappa shape index (κ1) is 10.2. The van der Waals surface area contributed by atoms with E-state index in [1.807, 2.05) is 4.57 Å². The minimum atomic E-state index is -0.830. The third-order valence-electron chi connectivity index (χ3n) is 2.56. The van der Waals surface area contributed by atoms with Gasteiger partial charge in [-0.15, -0.1) is 0 Å². The first-order valence-corrected chi connectivity index (χ1v) is 5.08. The molecule has 1 atom stereocenters. The third-order valence-corrected chi connectivity index (χ3v) is 2.56. The zero-order chi connectivity index (χ0) is 10.7. The number of aromatic nitrogens is 2. The minimum Gasteiger partial charge on any atom is -0.481 e. The summed E-state index contributed by atoms with van der Waals surface area (Å²) >= 11 is 0. The molecule has 5 nitrogen and oxygen atoms in total. The van der Waals surface area contributed by atoms with Gasteiger partial charge in [-0.2, -0.15) is 0 Å². The first-order chi connectivity index (χ1) is 7.25. The van der Waals surface area contributed by atoms with Crippen LogP contribution in [-0.2, 0) is 22.5 Å². The molecule has 1 aromatic heterocycles. The molecule has 0 aliphatic carbocycles. The van der Waals surface area contributed by atoms with E-state index in [2.05, 4.69) is 4.98 Å². The number of hydrogen-bond acceptors (Lipinski definition) is 3. The molecular formula is C10H14N2O3. The lowest BCUT2D eigenvalue weighted by Crippen LogP contribution is -2.17. The van der Waals surface area contributed by atoms with Crippen LogP contribution in [0, 0.1) is 0 Å². The van der Waals surface area contributed by atoms with Crippen LogP contribution in [0.2, 0.25) is 0 Å². The fourth-order valence-electron chi connectivity index (χ4n) is 1.82. The summed E-state index contributed by atoms with van der Waals surface area (Å²) in [6.45, 7) is 1.52. The van der Waals surface area contributed by atoms with Gasteiger partial charge in [0, 0.05) is 18.5 Å². The number of carboxylic acids is 1. The van der Waals surface area contributed by atoms with Crippen LogP contribution in [0.1, 0.15) is 18.5 Å². The molecule has 0 aromatic carbocycles. The van der Waals surface area contributed by atoms with Crippen LogP contribution < -0.4 is 0 Å². The van der Waals surface area contributed by atoms with Crippen molar-refractivity contribution in [1.82, 2.24) is 9.55 Å². The number of carboxylic acid groups (broad SMARTS) is 1. The maximum Gasteiger partial charge on any atom is 0.309 e. The normalized spacial score (nSPS) is 20.7. The SMILES string of the molecule is O=C(O)Cc1cncn1CC1CCCO1. The van der Waals surface area contributed by atoms with Gasteiger partial charge in [0.05, 0.1) is 25.4 Å². The van der Waals surface area contributed by atoms with E-state index >= 15 is 0 Å². The fraction of sp³-hybridized carbons (Fsp3) is 0.600. The maximum absolute atomic E-state index is 10.6. The van der Waals surface area contributed by atoms with Crippen molar-refractivity contribution in [3.8, 4) is 0 Å². The van der Waals surface area contributed by atoms with Crippen molar-refractivity contribution in [2.24, 2.45) is 0 Å². The Hall–Kier alpha value is -1.36. The van der Waals surface area contributed by atoms with Gasteiger partial charge in [-0.3, -0.25) is 4.79 Å². The molecule has 0 saturated carbocycles. The van der Waals surface area contributed by atoms with Crippen LogP contribution in [0.4, 0.5) is 0 Å². The molecule has 15 heavy (non-hydrogen) atoms. The Balaban J connectivity index is 2.00. The van der Waals surface area contributed by atoms with Gasteiger partial charge >= 0.3 is 5.97 Å². The molecule has 82 valence electrons. The van der Waals surface area contributed by atoms with Gasteiger partial charge in [0.15, 0.2) is 0 Å². The van der Waals surface area contributed by atoms with E-state index in [9.17, 15) is 4.79 Å². The predicted octanol–water partition coefficient (Wildman–Crippen LogP) is 0.689. The highest BCUT2D eigenvalue weighted by Crippen LogP contribution is 2.15. The molecule has 1 saturated heterocycles. The van der Waals surface area contributed by atoms with Crippen molar-refractivity contribution < 1.29 is 14.6 Å². The molecule has 0 bridgehead atoms. The molecule has 0 amide bonds. The predicted molar refractivity (Wildman–Crippen MR) is 52.5 cm³/mol. The second-order valence-electron chi connectivity index (χ2n) is 3.74. The monoisotopic (exact) mass is 210 g/mol. The number of imidazole rings is 1. The molecule has 2 heterocycles. The van der Waals surface area contributed by atoms with Crippen molar-refractivity contribution in [3.05, 3.63) is 18.2 Å². The number of ether oxygens (including phenoxy) is 1. The molecular weight excluding hydrogens is 196 g/mol. The molecule has 0 spiro atoms. The molecule has 2 rings (SSSR count). The number of nitrogens with zero attached hydrogens (tertiary/aromatic N) is 2. The Morgan fingerprint density at radius 2 is 2.60 bits per heavy atom. The molecule has 1 fully saturated rings. The number of hydrogen-bond donors (Lipinski definition) is 1. The van der Waals surface area contributed by atoms with Crippen molar-refractivity contribution in [1.29, 1.82) is 0 Å². The molecule has 1 aromatic rings. The van der Waals surface area contributed by atoms with E-state index in [0.29, 0.717) is 6.54 Å². The van der Waals surface area contributed by atoms with Crippen LogP contribution >= 0.6 is 0 Å². The quantitative estimate of drug-likeness (QED) is 0.794. The summed E-state index contributed by atoms with van der Waals surface area (Å²) in [5, 5.41) is 8.70. The van der Waals surface area contributed by atoms with Gasteiger partial charge in [-0.1, -0.05) is 0 Å². The summed E-state index contributed by atoms with van der Waals surface area (Å²) in [6, 6.07) is 0. The van der Waals surface area contributed by atoms with E-state index in [1.165, 1.54) is 0 Å². The zero-order valence-corrected chi connectivity index (χ0v) is 8.43. The Kier molecular flexibility index (Phi) is 3.01. The Morgan fingerprint density at radius 1 is 1.73 bits per heavy atom. The van der Waals surface area contributed by atoms with Crippen LogP contribution in [0.3, 0.4) is 0 Å². The third kappa shape index (κ3) is 2.56. The van der Waals surface area contributed by atoms with Gasteiger partial charge in [0.2, 0.25) is 0 Å². The maximum atomic E-state index is 10.6. The topological polar surface area (TPSA) is 64.3 Å². The van der Waals surface area contributed by atoms with Crippen LogP contribution in [-0.4, -0.2) is 33.3 Å². The summed E-state index contributed by atoms with van der Waals surface area (Å²) < 4.78 is 7.36. The Bertz CT molecular complexity index is 342. The van der Waals surface area contributed by atoms with Crippen LogP contribution in [0.25, 0.3) is 0 Å².